The predicted molar refractivity (Wildman–Crippen MR) is 104 cm³/mol. The molecule has 1 saturated heterocycles. The second-order valence-corrected chi connectivity index (χ2v) is 7.77. The average Bonchev–Trinajstić information content (AvgIpc) is 2.60. The molecule has 0 aromatic heterocycles. The summed E-state index contributed by atoms with van der Waals surface area (Å²) in [6.07, 6.45) is 1.15. The molecule has 5 nitrogen and oxygen atoms in total. The Morgan fingerprint density at radius 1 is 1.35 bits per heavy atom. The number of benzene rings is 1. The van der Waals surface area contributed by atoms with E-state index < -0.39 is 12.0 Å². The van der Waals surface area contributed by atoms with Crippen molar-refractivity contribution in [1.29, 1.82) is 0 Å². The summed E-state index contributed by atoms with van der Waals surface area (Å²) in [5.74, 6) is 0.303. The van der Waals surface area contributed by atoms with E-state index in [1.807, 2.05) is 45.0 Å². The van der Waals surface area contributed by atoms with E-state index in [2.05, 4.69) is 11.9 Å². The maximum atomic E-state index is 12.8. The summed E-state index contributed by atoms with van der Waals surface area (Å²) in [5.41, 5.74) is 3.18. The Balaban J connectivity index is 2.11. The smallest absolute Gasteiger partial charge is 0.338 e. The van der Waals surface area contributed by atoms with E-state index >= 15 is 0 Å². The van der Waals surface area contributed by atoms with Crippen LogP contribution in [0.25, 0.3) is 0 Å². The number of amidine groups is 1. The monoisotopic (exact) mass is 372 g/mol. The van der Waals surface area contributed by atoms with Crippen LogP contribution in [0.4, 0.5) is 0 Å². The normalized spacial score (nSPS) is 20.2. The summed E-state index contributed by atoms with van der Waals surface area (Å²) in [5, 5.41) is 0.671. The minimum atomic E-state index is -0.486. The van der Waals surface area contributed by atoms with Gasteiger partial charge in [-0.1, -0.05) is 43.0 Å². The molecule has 2 aliphatic heterocycles. The molecule has 2 aliphatic rings. The number of ether oxygens (including phenoxy) is 1. The topological polar surface area (TPSA) is 59.0 Å². The fraction of sp³-hybridized carbons (Fsp3) is 0.450. The van der Waals surface area contributed by atoms with E-state index in [4.69, 9.17) is 4.74 Å². The first-order valence-corrected chi connectivity index (χ1v) is 9.95. The van der Waals surface area contributed by atoms with Crippen LogP contribution < -0.4 is 0 Å². The number of carbonyl (C=O) groups is 2. The lowest BCUT2D eigenvalue weighted by Gasteiger charge is -2.39. The number of rotatable bonds is 4. The number of nitrogens with zero attached hydrogens (tertiary/aromatic N) is 2. The van der Waals surface area contributed by atoms with Crippen LogP contribution in [0.3, 0.4) is 0 Å². The van der Waals surface area contributed by atoms with Crippen LogP contribution in [0.5, 0.6) is 0 Å². The molecule has 1 aromatic carbocycles. The zero-order valence-electron chi connectivity index (χ0n) is 15.6. The summed E-state index contributed by atoms with van der Waals surface area (Å²) in [4.78, 5) is 31.7. The molecule has 2 heterocycles. The van der Waals surface area contributed by atoms with Crippen LogP contribution in [0.2, 0.25) is 0 Å². The average molecular weight is 372 g/mol. The third kappa shape index (κ3) is 3.56. The molecule has 138 valence electrons. The van der Waals surface area contributed by atoms with Crippen molar-refractivity contribution in [2.45, 2.75) is 52.7 Å². The van der Waals surface area contributed by atoms with Crippen molar-refractivity contribution < 1.29 is 14.3 Å². The third-order valence-electron chi connectivity index (χ3n) is 4.47. The number of carbonyl (C=O) groups excluding carboxylic acids is 2. The Morgan fingerprint density at radius 3 is 2.65 bits per heavy atom. The van der Waals surface area contributed by atoms with Gasteiger partial charge in [-0.05, 0) is 38.3 Å². The predicted octanol–water partition coefficient (Wildman–Crippen LogP) is 3.85. The molecule has 0 aliphatic carbocycles. The summed E-state index contributed by atoms with van der Waals surface area (Å²) >= 11 is 1.56. The first-order chi connectivity index (χ1) is 12.4. The minimum absolute atomic E-state index is 0.00517. The van der Waals surface area contributed by atoms with Gasteiger partial charge >= 0.3 is 5.97 Å². The Bertz CT molecular complexity index is 781. The SMILES string of the molecule is CCc1ccc([C@@H]2C(C(=O)OC(C)C)=C(C)N=C3SCCC(=O)N32)cc1. The molecule has 1 atom stereocenters. The largest absolute Gasteiger partial charge is 0.459 e. The van der Waals surface area contributed by atoms with Crippen LogP contribution in [0, 0.1) is 0 Å². The fourth-order valence-corrected chi connectivity index (χ4v) is 4.19. The van der Waals surface area contributed by atoms with E-state index in [-0.39, 0.29) is 12.0 Å². The van der Waals surface area contributed by atoms with Crippen LogP contribution in [-0.4, -0.2) is 33.8 Å². The van der Waals surface area contributed by atoms with E-state index in [1.54, 1.807) is 16.7 Å². The third-order valence-corrected chi connectivity index (χ3v) is 5.43. The van der Waals surface area contributed by atoms with Gasteiger partial charge in [0.25, 0.3) is 0 Å². The molecule has 0 bridgehead atoms. The minimum Gasteiger partial charge on any atom is -0.459 e. The lowest BCUT2D eigenvalue weighted by molar-refractivity contribution is -0.143. The molecular weight excluding hydrogens is 348 g/mol. The van der Waals surface area contributed by atoms with E-state index in [0.717, 1.165) is 12.0 Å². The van der Waals surface area contributed by atoms with Gasteiger partial charge in [-0.2, -0.15) is 0 Å². The van der Waals surface area contributed by atoms with Gasteiger partial charge in [-0.15, -0.1) is 0 Å². The van der Waals surface area contributed by atoms with Gasteiger partial charge in [0.1, 0.15) is 0 Å². The van der Waals surface area contributed by atoms with Crippen molar-refractivity contribution in [3.8, 4) is 0 Å². The molecule has 26 heavy (non-hydrogen) atoms. The Hall–Kier alpha value is -2.08. The molecule has 1 fully saturated rings. The second kappa shape index (κ2) is 7.66. The van der Waals surface area contributed by atoms with Crippen molar-refractivity contribution >= 4 is 28.8 Å². The summed E-state index contributed by atoms with van der Waals surface area (Å²) in [7, 11) is 0. The van der Waals surface area contributed by atoms with E-state index in [1.165, 1.54) is 5.56 Å². The van der Waals surface area contributed by atoms with Gasteiger partial charge < -0.3 is 4.74 Å². The Morgan fingerprint density at radius 2 is 2.04 bits per heavy atom. The lowest BCUT2D eigenvalue weighted by atomic mass is 9.93. The van der Waals surface area contributed by atoms with E-state index in [0.29, 0.717) is 28.6 Å². The highest BCUT2D eigenvalue weighted by atomic mass is 32.2. The number of fused-ring (bicyclic) bond motifs is 1. The molecule has 3 rings (SSSR count). The number of hydrogen-bond acceptors (Lipinski definition) is 5. The molecule has 0 spiro atoms. The van der Waals surface area contributed by atoms with Crippen molar-refractivity contribution in [3.05, 3.63) is 46.7 Å². The first-order valence-electron chi connectivity index (χ1n) is 8.96. The highest BCUT2D eigenvalue weighted by Gasteiger charge is 2.41. The number of thioether (sulfide) groups is 1. The maximum absolute atomic E-state index is 12.8. The van der Waals surface area contributed by atoms with Gasteiger partial charge in [-0.25, -0.2) is 9.79 Å². The molecule has 0 unspecified atom stereocenters. The maximum Gasteiger partial charge on any atom is 0.338 e. The fourth-order valence-electron chi connectivity index (χ4n) is 3.19. The van der Waals surface area contributed by atoms with Crippen LogP contribution in [0.1, 0.15) is 51.3 Å². The zero-order chi connectivity index (χ0) is 18.8. The van der Waals surface area contributed by atoms with Crippen molar-refractivity contribution in [1.82, 2.24) is 4.90 Å². The molecule has 0 N–H and O–H groups in total. The molecule has 0 radical (unpaired) electrons. The van der Waals surface area contributed by atoms with Gasteiger partial charge in [0.2, 0.25) is 5.91 Å². The first kappa shape index (κ1) is 18.7. The van der Waals surface area contributed by atoms with Gasteiger partial charge in [-0.3, -0.25) is 9.69 Å². The van der Waals surface area contributed by atoms with Gasteiger partial charge in [0, 0.05) is 12.2 Å². The van der Waals surface area contributed by atoms with Gasteiger partial charge in [0.05, 0.1) is 23.4 Å². The highest BCUT2D eigenvalue weighted by molar-refractivity contribution is 8.14. The zero-order valence-corrected chi connectivity index (χ0v) is 16.4. The van der Waals surface area contributed by atoms with E-state index in [9.17, 15) is 9.59 Å². The Labute approximate surface area is 158 Å². The summed E-state index contributed by atoms with van der Waals surface area (Å²) < 4.78 is 5.46. The highest BCUT2D eigenvalue weighted by Crippen LogP contribution is 2.40. The Kier molecular flexibility index (Phi) is 5.51. The van der Waals surface area contributed by atoms with Crippen LogP contribution >= 0.6 is 11.8 Å². The van der Waals surface area contributed by atoms with Crippen LogP contribution in [0.15, 0.2) is 40.5 Å². The van der Waals surface area contributed by atoms with Crippen molar-refractivity contribution in [2.75, 3.05) is 5.75 Å². The molecule has 1 aromatic rings. The molecule has 6 heteroatoms. The number of allylic oxidation sites excluding steroid dienone is 1. The quantitative estimate of drug-likeness (QED) is 0.753. The number of esters is 1. The molecule has 0 saturated carbocycles. The standard InChI is InChI=1S/C20H24N2O3S/c1-5-14-6-8-15(9-7-14)18-17(19(24)25-12(2)3)13(4)21-20-22(18)16(23)10-11-26-20/h6-9,12,18H,5,10-11H2,1-4H3/t18-/m1/s1. The summed E-state index contributed by atoms with van der Waals surface area (Å²) in [6.45, 7) is 7.55. The van der Waals surface area contributed by atoms with Crippen LogP contribution in [-0.2, 0) is 20.7 Å². The second-order valence-electron chi connectivity index (χ2n) is 6.71. The lowest BCUT2D eigenvalue weighted by Crippen LogP contribution is -2.46. The van der Waals surface area contributed by atoms with Crippen molar-refractivity contribution in [2.24, 2.45) is 4.99 Å². The van der Waals surface area contributed by atoms with Crippen molar-refractivity contribution in [3.63, 3.8) is 0 Å². The number of aliphatic imine (C=N–C) groups is 1. The van der Waals surface area contributed by atoms with Gasteiger partial charge in [0.15, 0.2) is 5.17 Å². The number of amides is 1. The number of hydrogen-bond donors (Lipinski definition) is 0. The summed E-state index contributed by atoms with van der Waals surface area (Å²) in [6, 6.07) is 7.59. The molecular formula is C20H24N2O3S. The number of aryl methyl sites for hydroxylation is 1. The molecule has 1 amide bonds.